The first-order valence-electron chi connectivity index (χ1n) is 4.61. The predicted molar refractivity (Wildman–Crippen MR) is 59.1 cm³/mol. The maximum Gasteiger partial charge on any atom is 0.0975 e. The van der Waals surface area contributed by atoms with E-state index in [1.165, 1.54) is 0 Å². The molecule has 0 heterocycles. The molecule has 0 spiro atoms. The van der Waals surface area contributed by atoms with Gasteiger partial charge in [0.05, 0.1) is 6.10 Å². The molecule has 2 aromatic rings. The molecule has 0 bridgehead atoms. The molecule has 0 saturated carbocycles. The summed E-state index contributed by atoms with van der Waals surface area (Å²) < 4.78 is 0. The lowest BCUT2D eigenvalue weighted by atomic mass is 10.0. The summed E-state index contributed by atoms with van der Waals surface area (Å²) in [6.45, 7) is 3.59. The van der Waals surface area contributed by atoms with Crippen LogP contribution >= 0.6 is 0 Å². The van der Waals surface area contributed by atoms with Crippen molar-refractivity contribution in [2.24, 2.45) is 0 Å². The Morgan fingerprint density at radius 1 is 1.07 bits per heavy atom. The van der Waals surface area contributed by atoms with E-state index in [9.17, 15) is 5.11 Å². The molecule has 2 rings (SSSR count). The molecule has 0 aliphatic rings. The van der Waals surface area contributed by atoms with Gasteiger partial charge in [-0.2, -0.15) is 0 Å². The molecule has 1 nitrogen and oxygen atoms in total. The minimum atomic E-state index is -0.582. The van der Waals surface area contributed by atoms with Crippen LogP contribution in [-0.4, -0.2) is 5.11 Å². The van der Waals surface area contributed by atoms with E-state index in [-0.39, 0.29) is 0 Å². The molecular weight excluding hydrogens is 172 g/mol. The van der Waals surface area contributed by atoms with E-state index >= 15 is 0 Å². The van der Waals surface area contributed by atoms with Crippen LogP contribution in [0.2, 0.25) is 0 Å². The topological polar surface area (TPSA) is 20.2 Å². The Bertz CT molecular complexity index is 454. The highest BCUT2D eigenvalue weighted by atomic mass is 16.3. The fourth-order valence-electron chi connectivity index (χ4n) is 1.64. The van der Waals surface area contributed by atoms with Gasteiger partial charge in [0.2, 0.25) is 0 Å². The lowest BCUT2D eigenvalue weighted by Crippen LogP contribution is -1.93. The molecule has 0 aliphatic carbocycles. The van der Waals surface area contributed by atoms with Crippen molar-refractivity contribution < 1.29 is 5.11 Å². The summed E-state index contributed by atoms with van der Waals surface area (Å²) in [5.74, 6) is 0. The second-order valence-electron chi connectivity index (χ2n) is 3.25. The van der Waals surface area contributed by atoms with Crippen LogP contribution in [0.5, 0.6) is 0 Å². The third-order valence-corrected chi connectivity index (χ3v) is 2.37. The summed E-state index contributed by atoms with van der Waals surface area (Å²) in [6, 6.07) is 13.9. The first-order chi connectivity index (χ1) is 6.83. The highest BCUT2D eigenvalue weighted by molar-refractivity contribution is 5.86. The Labute approximate surface area is 83.3 Å². The average molecular weight is 184 g/mol. The Morgan fingerprint density at radius 2 is 1.79 bits per heavy atom. The number of hydrogen-bond acceptors (Lipinski definition) is 1. The molecule has 14 heavy (non-hydrogen) atoms. The van der Waals surface area contributed by atoms with E-state index in [2.05, 4.69) is 6.58 Å². The Balaban J connectivity index is 2.70. The molecule has 2 aromatic carbocycles. The molecule has 70 valence electrons. The van der Waals surface area contributed by atoms with Crippen molar-refractivity contribution in [3.05, 3.63) is 60.7 Å². The van der Waals surface area contributed by atoms with Crippen LogP contribution in [0.3, 0.4) is 0 Å². The highest BCUT2D eigenvalue weighted by Gasteiger charge is 2.05. The zero-order chi connectivity index (χ0) is 9.97. The SMILES string of the molecule is C=C[C@H](O)c1cccc2ccccc12. The lowest BCUT2D eigenvalue weighted by molar-refractivity contribution is 0.230. The molecule has 1 N–H and O–H groups in total. The molecule has 1 heteroatoms. The molecule has 0 aliphatic heterocycles. The number of hydrogen-bond donors (Lipinski definition) is 1. The average Bonchev–Trinajstić information content (AvgIpc) is 2.27. The molecule has 0 saturated heterocycles. The summed E-state index contributed by atoms with van der Waals surface area (Å²) in [7, 11) is 0. The Morgan fingerprint density at radius 3 is 2.57 bits per heavy atom. The van der Waals surface area contributed by atoms with Gasteiger partial charge in [0.25, 0.3) is 0 Å². The molecule has 1 atom stereocenters. The Kier molecular flexibility index (Phi) is 2.33. The van der Waals surface area contributed by atoms with Crippen LogP contribution in [0, 0.1) is 0 Å². The van der Waals surface area contributed by atoms with Gasteiger partial charge in [-0.25, -0.2) is 0 Å². The first kappa shape index (κ1) is 8.97. The van der Waals surface area contributed by atoms with Crippen molar-refractivity contribution in [1.29, 1.82) is 0 Å². The van der Waals surface area contributed by atoms with Gasteiger partial charge in [-0.1, -0.05) is 48.5 Å². The number of rotatable bonds is 2. The maximum absolute atomic E-state index is 9.71. The van der Waals surface area contributed by atoms with E-state index in [1.54, 1.807) is 6.08 Å². The van der Waals surface area contributed by atoms with E-state index in [0.717, 1.165) is 16.3 Å². The minimum Gasteiger partial charge on any atom is -0.384 e. The van der Waals surface area contributed by atoms with Crippen LogP contribution in [-0.2, 0) is 0 Å². The summed E-state index contributed by atoms with van der Waals surface area (Å²) in [5.41, 5.74) is 0.915. The van der Waals surface area contributed by atoms with Crippen molar-refractivity contribution >= 4 is 10.8 Å². The smallest absolute Gasteiger partial charge is 0.0975 e. The normalized spacial score (nSPS) is 12.6. The fourth-order valence-corrected chi connectivity index (χ4v) is 1.64. The summed E-state index contributed by atoms with van der Waals surface area (Å²) in [4.78, 5) is 0. The summed E-state index contributed by atoms with van der Waals surface area (Å²) in [5, 5.41) is 11.9. The van der Waals surface area contributed by atoms with Crippen molar-refractivity contribution in [3.63, 3.8) is 0 Å². The summed E-state index contributed by atoms with van der Waals surface area (Å²) in [6.07, 6.45) is 0.961. The monoisotopic (exact) mass is 184 g/mol. The van der Waals surface area contributed by atoms with Gasteiger partial charge < -0.3 is 5.11 Å². The number of benzene rings is 2. The second-order valence-corrected chi connectivity index (χ2v) is 3.25. The third-order valence-electron chi connectivity index (χ3n) is 2.37. The minimum absolute atomic E-state index is 0.582. The van der Waals surface area contributed by atoms with Gasteiger partial charge >= 0.3 is 0 Å². The molecule has 0 unspecified atom stereocenters. The second kappa shape index (κ2) is 3.64. The van der Waals surface area contributed by atoms with Crippen molar-refractivity contribution in [2.75, 3.05) is 0 Å². The van der Waals surface area contributed by atoms with Gasteiger partial charge in [0.1, 0.15) is 0 Å². The first-order valence-corrected chi connectivity index (χ1v) is 4.61. The number of aliphatic hydroxyl groups is 1. The Hall–Kier alpha value is -1.60. The van der Waals surface area contributed by atoms with Crippen molar-refractivity contribution in [2.45, 2.75) is 6.10 Å². The molecule has 0 radical (unpaired) electrons. The molecule has 0 aromatic heterocycles. The largest absolute Gasteiger partial charge is 0.384 e. The lowest BCUT2D eigenvalue weighted by Gasteiger charge is -2.09. The van der Waals surface area contributed by atoms with Crippen LogP contribution in [0.25, 0.3) is 10.8 Å². The highest BCUT2D eigenvalue weighted by Crippen LogP contribution is 2.24. The van der Waals surface area contributed by atoms with Gasteiger partial charge in [0, 0.05) is 0 Å². The zero-order valence-corrected chi connectivity index (χ0v) is 7.85. The van der Waals surface area contributed by atoms with Crippen LogP contribution < -0.4 is 0 Å². The molecular formula is C13H12O. The standard InChI is InChI=1S/C13H12O/c1-2-13(14)12-9-5-7-10-6-3-4-8-11(10)12/h2-9,13-14H,1H2/t13-/m0/s1. The van der Waals surface area contributed by atoms with E-state index < -0.39 is 6.10 Å². The van der Waals surface area contributed by atoms with Crippen molar-refractivity contribution in [3.8, 4) is 0 Å². The third kappa shape index (κ3) is 1.42. The maximum atomic E-state index is 9.71. The quantitative estimate of drug-likeness (QED) is 0.711. The zero-order valence-electron chi connectivity index (χ0n) is 7.85. The van der Waals surface area contributed by atoms with E-state index in [0.29, 0.717) is 0 Å². The van der Waals surface area contributed by atoms with Gasteiger partial charge in [-0.05, 0) is 16.3 Å². The van der Waals surface area contributed by atoms with E-state index in [1.807, 2.05) is 42.5 Å². The molecule has 0 fully saturated rings. The van der Waals surface area contributed by atoms with Gasteiger partial charge in [0.15, 0.2) is 0 Å². The predicted octanol–water partition coefficient (Wildman–Crippen LogP) is 3.06. The molecule has 0 amide bonds. The van der Waals surface area contributed by atoms with Crippen LogP contribution in [0.4, 0.5) is 0 Å². The van der Waals surface area contributed by atoms with Gasteiger partial charge in [-0.15, -0.1) is 6.58 Å². The van der Waals surface area contributed by atoms with Crippen molar-refractivity contribution in [1.82, 2.24) is 0 Å². The number of aliphatic hydroxyl groups excluding tert-OH is 1. The van der Waals surface area contributed by atoms with Crippen LogP contribution in [0.1, 0.15) is 11.7 Å². The van der Waals surface area contributed by atoms with Crippen LogP contribution in [0.15, 0.2) is 55.1 Å². The van der Waals surface area contributed by atoms with E-state index in [4.69, 9.17) is 0 Å². The fraction of sp³-hybridized carbons (Fsp3) is 0.0769. The number of fused-ring (bicyclic) bond motifs is 1. The summed E-state index contributed by atoms with van der Waals surface area (Å²) >= 11 is 0. The van der Waals surface area contributed by atoms with Gasteiger partial charge in [-0.3, -0.25) is 0 Å².